The first-order valence-corrected chi connectivity index (χ1v) is 5.70. The molecule has 0 spiro atoms. The van der Waals surface area contributed by atoms with Crippen LogP contribution >= 0.6 is 0 Å². The standard InChI is InChI=1S/C14H11F3N2O/c1-7-4-8(15)2-3-12(7)19-14(20)10-5-9(16)6-11(18)13(10)17/h2-6H,18H2,1H3,(H,19,20). The van der Waals surface area contributed by atoms with Gasteiger partial charge in [0.15, 0.2) is 5.82 Å². The number of nitrogen functional groups attached to an aromatic ring is 1. The van der Waals surface area contributed by atoms with E-state index in [9.17, 15) is 18.0 Å². The fourth-order valence-corrected chi connectivity index (χ4v) is 1.73. The van der Waals surface area contributed by atoms with E-state index in [0.717, 1.165) is 18.2 Å². The number of nitrogens with two attached hydrogens (primary N) is 1. The lowest BCUT2D eigenvalue weighted by Crippen LogP contribution is -2.16. The van der Waals surface area contributed by atoms with Gasteiger partial charge in [-0.05, 0) is 42.8 Å². The van der Waals surface area contributed by atoms with Gasteiger partial charge in [-0.15, -0.1) is 0 Å². The van der Waals surface area contributed by atoms with Crippen molar-refractivity contribution in [2.24, 2.45) is 0 Å². The van der Waals surface area contributed by atoms with Crippen molar-refractivity contribution in [3.8, 4) is 0 Å². The second-order valence-electron chi connectivity index (χ2n) is 4.27. The van der Waals surface area contributed by atoms with Gasteiger partial charge in [-0.1, -0.05) is 0 Å². The number of nitrogens with one attached hydrogen (secondary N) is 1. The van der Waals surface area contributed by atoms with Gasteiger partial charge in [0, 0.05) is 5.69 Å². The van der Waals surface area contributed by atoms with E-state index < -0.39 is 34.6 Å². The van der Waals surface area contributed by atoms with Gasteiger partial charge >= 0.3 is 0 Å². The normalized spacial score (nSPS) is 10.4. The summed E-state index contributed by atoms with van der Waals surface area (Å²) < 4.78 is 39.8. The summed E-state index contributed by atoms with van der Waals surface area (Å²) in [5.41, 5.74) is 5.06. The number of aryl methyl sites for hydroxylation is 1. The maximum absolute atomic E-state index is 13.7. The molecule has 2 aromatic rings. The van der Waals surface area contributed by atoms with Gasteiger partial charge in [0.2, 0.25) is 0 Å². The lowest BCUT2D eigenvalue weighted by atomic mass is 10.1. The van der Waals surface area contributed by atoms with Crippen LogP contribution in [0, 0.1) is 24.4 Å². The van der Waals surface area contributed by atoms with Gasteiger partial charge in [0.05, 0.1) is 11.3 Å². The molecule has 104 valence electrons. The van der Waals surface area contributed by atoms with Crippen LogP contribution in [0.2, 0.25) is 0 Å². The fourth-order valence-electron chi connectivity index (χ4n) is 1.73. The third kappa shape index (κ3) is 2.74. The molecule has 0 saturated carbocycles. The molecule has 2 aromatic carbocycles. The number of carbonyl (C=O) groups excluding carboxylic acids is 1. The lowest BCUT2D eigenvalue weighted by molar-refractivity contribution is 0.102. The predicted molar refractivity (Wildman–Crippen MR) is 69.9 cm³/mol. The second kappa shape index (κ2) is 5.24. The molecule has 20 heavy (non-hydrogen) atoms. The Morgan fingerprint density at radius 2 is 1.80 bits per heavy atom. The van der Waals surface area contributed by atoms with Crippen LogP contribution in [0.4, 0.5) is 24.5 Å². The summed E-state index contributed by atoms with van der Waals surface area (Å²) in [5.74, 6) is -3.13. The topological polar surface area (TPSA) is 55.1 Å². The summed E-state index contributed by atoms with van der Waals surface area (Å²) in [6.07, 6.45) is 0. The molecule has 0 heterocycles. The van der Waals surface area contributed by atoms with Crippen molar-refractivity contribution >= 4 is 17.3 Å². The average molecular weight is 280 g/mol. The maximum atomic E-state index is 13.7. The number of halogens is 3. The molecule has 0 fully saturated rings. The van der Waals surface area contributed by atoms with E-state index in [1.54, 1.807) is 6.92 Å². The quantitative estimate of drug-likeness (QED) is 0.830. The molecule has 0 aliphatic carbocycles. The lowest BCUT2D eigenvalue weighted by Gasteiger charge is -2.10. The molecule has 0 radical (unpaired) electrons. The molecule has 2 rings (SSSR count). The Balaban J connectivity index is 2.33. The third-order valence-corrected chi connectivity index (χ3v) is 2.75. The van der Waals surface area contributed by atoms with Gasteiger partial charge < -0.3 is 11.1 Å². The van der Waals surface area contributed by atoms with Gasteiger partial charge in [-0.3, -0.25) is 4.79 Å². The first kappa shape index (κ1) is 13.9. The van der Waals surface area contributed by atoms with Gasteiger partial charge in [0.25, 0.3) is 5.91 Å². The maximum Gasteiger partial charge on any atom is 0.258 e. The zero-order valence-electron chi connectivity index (χ0n) is 10.5. The molecule has 0 aliphatic rings. The summed E-state index contributed by atoms with van der Waals surface area (Å²) >= 11 is 0. The highest BCUT2D eigenvalue weighted by molar-refractivity contribution is 6.05. The van der Waals surface area contributed by atoms with Crippen LogP contribution in [0.25, 0.3) is 0 Å². The molecule has 0 bridgehead atoms. The molecule has 0 unspecified atom stereocenters. The Hall–Kier alpha value is -2.50. The summed E-state index contributed by atoms with van der Waals surface area (Å²) in [6.45, 7) is 1.58. The smallest absolute Gasteiger partial charge is 0.258 e. The summed E-state index contributed by atoms with van der Waals surface area (Å²) in [6, 6.07) is 5.24. The van der Waals surface area contributed by atoms with Crippen LogP contribution in [-0.2, 0) is 0 Å². The molecule has 0 aromatic heterocycles. The van der Waals surface area contributed by atoms with Crippen molar-refractivity contribution in [1.29, 1.82) is 0 Å². The van der Waals surface area contributed by atoms with Gasteiger partial charge in [-0.25, -0.2) is 13.2 Å². The van der Waals surface area contributed by atoms with Gasteiger partial charge in [0.1, 0.15) is 11.6 Å². The monoisotopic (exact) mass is 280 g/mol. The zero-order chi connectivity index (χ0) is 14.9. The number of rotatable bonds is 2. The number of amides is 1. The Morgan fingerprint density at radius 3 is 2.45 bits per heavy atom. The Labute approximate surface area is 113 Å². The molecule has 1 amide bonds. The number of hydrogen-bond acceptors (Lipinski definition) is 2. The zero-order valence-corrected chi connectivity index (χ0v) is 10.5. The van der Waals surface area contributed by atoms with Crippen LogP contribution in [0.5, 0.6) is 0 Å². The minimum atomic E-state index is -0.997. The van der Waals surface area contributed by atoms with Crippen molar-refractivity contribution in [3.63, 3.8) is 0 Å². The van der Waals surface area contributed by atoms with Crippen molar-refractivity contribution < 1.29 is 18.0 Å². The molecule has 0 aliphatic heterocycles. The van der Waals surface area contributed by atoms with E-state index in [1.165, 1.54) is 12.1 Å². The highest BCUT2D eigenvalue weighted by Gasteiger charge is 2.17. The Morgan fingerprint density at radius 1 is 1.10 bits per heavy atom. The summed E-state index contributed by atoms with van der Waals surface area (Å²) in [5, 5.41) is 2.38. The average Bonchev–Trinajstić information content (AvgIpc) is 2.37. The minimum absolute atomic E-state index is 0.304. The van der Waals surface area contributed by atoms with Gasteiger partial charge in [-0.2, -0.15) is 0 Å². The molecular formula is C14H11F3N2O. The van der Waals surface area contributed by atoms with E-state index in [0.29, 0.717) is 11.3 Å². The summed E-state index contributed by atoms with van der Waals surface area (Å²) in [7, 11) is 0. The second-order valence-corrected chi connectivity index (χ2v) is 4.27. The van der Waals surface area contributed by atoms with Crippen LogP contribution in [0.15, 0.2) is 30.3 Å². The number of carbonyl (C=O) groups is 1. The Bertz CT molecular complexity index is 686. The van der Waals surface area contributed by atoms with Crippen LogP contribution in [-0.4, -0.2) is 5.91 Å². The molecule has 3 N–H and O–H groups in total. The van der Waals surface area contributed by atoms with E-state index in [1.807, 2.05) is 0 Å². The van der Waals surface area contributed by atoms with E-state index in [2.05, 4.69) is 5.32 Å². The van der Waals surface area contributed by atoms with Crippen molar-refractivity contribution in [2.45, 2.75) is 6.92 Å². The SMILES string of the molecule is Cc1cc(F)ccc1NC(=O)c1cc(F)cc(N)c1F. The van der Waals surface area contributed by atoms with Crippen molar-refractivity contribution in [1.82, 2.24) is 0 Å². The highest BCUT2D eigenvalue weighted by atomic mass is 19.1. The number of hydrogen-bond donors (Lipinski definition) is 2. The summed E-state index contributed by atoms with van der Waals surface area (Å²) in [4.78, 5) is 11.9. The number of anilines is 2. The minimum Gasteiger partial charge on any atom is -0.396 e. The molecule has 3 nitrogen and oxygen atoms in total. The first-order valence-electron chi connectivity index (χ1n) is 5.70. The predicted octanol–water partition coefficient (Wildman–Crippen LogP) is 3.25. The highest BCUT2D eigenvalue weighted by Crippen LogP contribution is 2.21. The molecule has 0 atom stereocenters. The van der Waals surface area contributed by atoms with Crippen molar-refractivity contribution in [3.05, 3.63) is 58.9 Å². The molecule has 0 saturated heterocycles. The van der Waals surface area contributed by atoms with E-state index in [-0.39, 0.29) is 0 Å². The van der Waals surface area contributed by atoms with E-state index in [4.69, 9.17) is 5.73 Å². The van der Waals surface area contributed by atoms with Crippen LogP contribution < -0.4 is 11.1 Å². The van der Waals surface area contributed by atoms with E-state index >= 15 is 0 Å². The van der Waals surface area contributed by atoms with Crippen LogP contribution in [0.3, 0.4) is 0 Å². The largest absolute Gasteiger partial charge is 0.396 e. The molecule has 6 heteroatoms. The van der Waals surface area contributed by atoms with Crippen molar-refractivity contribution in [2.75, 3.05) is 11.1 Å². The van der Waals surface area contributed by atoms with Crippen LogP contribution in [0.1, 0.15) is 15.9 Å². The fraction of sp³-hybridized carbons (Fsp3) is 0.0714. The first-order chi connectivity index (χ1) is 9.38. The molecular weight excluding hydrogens is 269 g/mol. The Kier molecular flexibility index (Phi) is 3.65. The third-order valence-electron chi connectivity index (χ3n) is 2.75. The number of benzene rings is 2.